The van der Waals surface area contributed by atoms with Crippen LogP contribution in [0.4, 0.5) is 4.79 Å². The van der Waals surface area contributed by atoms with E-state index in [-0.39, 0.29) is 42.0 Å². The highest BCUT2D eigenvalue weighted by Crippen LogP contribution is 2.32. The zero-order valence-electron chi connectivity index (χ0n) is 30.5. The third kappa shape index (κ3) is 11.4. The van der Waals surface area contributed by atoms with Crippen molar-refractivity contribution in [2.45, 2.75) is 37.3 Å². The van der Waals surface area contributed by atoms with E-state index in [1.807, 2.05) is 30.3 Å². The van der Waals surface area contributed by atoms with Crippen molar-refractivity contribution in [3.05, 3.63) is 179 Å². The molecule has 0 unspecified atom stereocenters. The lowest BCUT2D eigenvalue weighted by Crippen LogP contribution is -2.63. The van der Waals surface area contributed by atoms with Gasteiger partial charge in [-0.15, -0.1) is 0 Å². The second kappa shape index (κ2) is 20.2. The molecule has 1 aliphatic rings. The van der Waals surface area contributed by atoms with Crippen molar-refractivity contribution in [3.8, 4) is 0 Å². The summed E-state index contributed by atoms with van der Waals surface area (Å²) < 4.78 is 41.4. The van der Waals surface area contributed by atoms with Crippen molar-refractivity contribution in [1.29, 1.82) is 0 Å². The van der Waals surface area contributed by atoms with Gasteiger partial charge in [0.15, 0.2) is 24.6 Å². The molecule has 0 spiro atoms. The predicted octanol–water partition coefficient (Wildman–Crippen LogP) is 6.19. The Balaban J connectivity index is 1.30. The number of esters is 4. The summed E-state index contributed by atoms with van der Waals surface area (Å²) >= 11 is 0. The van der Waals surface area contributed by atoms with Crippen LogP contribution >= 0.6 is 0 Å². The maximum Gasteiger partial charge on any atom is 0.407 e. The largest absolute Gasteiger partial charge is 0.459 e. The van der Waals surface area contributed by atoms with Gasteiger partial charge in [0, 0.05) is 6.54 Å². The minimum Gasteiger partial charge on any atom is -0.459 e. The Morgan fingerprint density at radius 3 is 1.40 bits per heavy atom. The maximum atomic E-state index is 13.7. The molecule has 1 amide bonds. The molecule has 0 bridgehead atoms. The minimum atomic E-state index is -1.58. The van der Waals surface area contributed by atoms with Gasteiger partial charge in [-0.25, -0.2) is 24.0 Å². The van der Waals surface area contributed by atoms with Crippen LogP contribution in [0.2, 0.25) is 0 Å². The number of carbonyl (C=O) groups is 5. The molecule has 13 nitrogen and oxygen atoms in total. The quantitative estimate of drug-likeness (QED) is 0.0731. The molecule has 1 fully saturated rings. The lowest BCUT2D eigenvalue weighted by atomic mass is 9.97. The first-order valence-electron chi connectivity index (χ1n) is 18.1. The number of nitrogens with one attached hydrogen (secondary N) is 1. The first-order valence-corrected chi connectivity index (χ1v) is 18.1. The molecule has 5 atom stereocenters. The lowest BCUT2D eigenvalue weighted by Gasteiger charge is -2.44. The average Bonchev–Trinajstić information content (AvgIpc) is 3.26. The molecule has 6 rings (SSSR count). The Labute approximate surface area is 328 Å². The minimum absolute atomic E-state index is 0.0394. The lowest BCUT2D eigenvalue weighted by molar-refractivity contribution is -0.297. The van der Waals surface area contributed by atoms with Crippen LogP contribution in [0, 0.1) is 0 Å². The fraction of sp³-hybridized carbons (Fsp3) is 0.205. The fourth-order valence-electron chi connectivity index (χ4n) is 5.76. The van der Waals surface area contributed by atoms with Crippen LogP contribution in [0.15, 0.2) is 152 Å². The van der Waals surface area contributed by atoms with E-state index in [0.717, 1.165) is 5.56 Å². The molecule has 57 heavy (non-hydrogen) atoms. The van der Waals surface area contributed by atoms with Crippen LogP contribution in [-0.2, 0) is 39.8 Å². The highest BCUT2D eigenvalue weighted by atomic mass is 16.7. The van der Waals surface area contributed by atoms with Crippen molar-refractivity contribution in [1.82, 2.24) is 5.32 Å². The third-order valence-corrected chi connectivity index (χ3v) is 8.60. The Bertz CT molecular complexity index is 2070. The van der Waals surface area contributed by atoms with E-state index >= 15 is 0 Å². The van der Waals surface area contributed by atoms with Crippen LogP contribution < -0.4 is 5.32 Å². The Hall–Kier alpha value is -6.83. The fourth-order valence-corrected chi connectivity index (χ4v) is 5.76. The summed E-state index contributed by atoms with van der Waals surface area (Å²) in [5, 5.41) is 2.59. The van der Waals surface area contributed by atoms with E-state index in [4.69, 9.17) is 33.2 Å². The first kappa shape index (κ1) is 39.9. The van der Waals surface area contributed by atoms with Crippen LogP contribution in [-0.4, -0.2) is 80.4 Å². The van der Waals surface area contributed by atoms with Gasteiger partial charge in [-0.05, 0) is 54.1 Å². The van der Waals surface area contributed by atoms with Crippen LogP contribution in [0.5, 0.6) is 0 Å². The number of hydrogen-bond donors (Lipinski definition) is 1. The molecule has 5 aromatic rings. The monoisotopic (exact) mass is 773 g/mol. The maximum absolute atomic E-state index is 13.7. The van der Waals surface area contributed by atoms with Gasteiger partial charge in [-0.3, -0.25) is 0 Å². The number of ether oxygens (including phenoxy) is 7. The Morgan fingerprint density at radius 2 is 0.912 bits per heavy atom. The topological polar surface area (TPSA) is 162 Å². The predicted molar refractivity (Wildman–Crippen MR) is 203 cm³/mol. The molecule has 1 saturated heterocycles. The number of rotatable bonds is 15. The molecule has 1 N–H and O–H groups in total. The van der Waals surface area contributed by atoms with Gasteiger partial charge >= 0.3 is 30.0 Å². The third-order valence-electron chi connectivity index (χ3n) is 8.60. The van der Waals surface area contributed by atoms with E-state index in [9.17, 15) is 24.0 Å². The molecule has 0 aromatic heterocycles. The van der Waals surface area contributed by atoms with E-state index < -0.39 is 67.3 Å². The van der Waals surface area contributed by atoms with Gasteiger partial charge < -0.3 is 38.5 Å². The summed E-state index contributed by atoms with van der Waals surface area (Å²) in [6, 6.07) is 41.4. The zero-order chi connectivity index (χ0) is 39.8. The van der Waals surface area contributed by atoms with Crippen molar-refractivity contribution < 1.29 is 57.1 Å². The molecule has 0 aliphatic carbocycles. The van der Waals surface area contributed by atoms with Crippen LogP contribution in [0.25, 0.3) is 0 Å². The van der Waals surface area contributed by atoms with E-state index in [1.165, 1.54) is 36.4 Å². The number of hydrogen-bond acceptors (Lipinski definition) is 12. The van der Waals surface area contributed by atoms with Crippen molar-refractivity contribution in [3.63, 3.8) is 0 Å². The molecular formula is C44H39NO12. The Morgan fingerprint density at radius 1 is 0.491 bits per heavy atom. The highest BCUT2D eigenvalue weighted by Gasteiger charge is 2.53. The molecular weight excluding hydrogens is 734 g/mol. The summed E-state index contributed by atoms with van der Waals surface area (Å²) in [6.45, 7) is -0.767. The van der Waals surface area contributed by atoms with Gasteiger partial charge in [0.05, 0.1) is 28.9 Å². The van der Waals surface area contributed by atoms with Crippen molar-refractivity contribution >= 4 is 30.0 Å². The van der Waals surface area contributed by atoms with E-state index in [2.05, 4.69) is 5.32 Å². The summed E-state index contributed by atoms with van der Waals surface area (Å²) in [5.74, 6) is -3.21. The number of alkyl carbamates (subject to hydrolysis) is 1. The molecule has 292 valence electrons. The summed E-state index contributed by atoms with van der Waals surface area (Å²) in [5.41, 5.74) is 1.50. The first-order chi connectivity index (χ1) is 27.9. The molecule has 5 aromatic carbocycles. The van der Waals surface area contributed by atoms with E-state index in [0.29, 0.717) is 0 Å². The smallest absolute Gasteiger partial charge is 0.407 e. The SMILES string of the molecule is O=C(NCCO[C@H]1O[C@H](COC(=O)c2ccccc2)[C@@H](OC(=O)c2ccccc2)[C@H](OC(=O)c2ccccc2)[C@@H]1OC(=O)c1ccccc1)OCc1ccccc1. The average molecular weight is 774 g/mol. The van der Waals surface area contributed by atoms with E-state index in [1.54, 1.807) is 84.9 Å². The zero-order valence-corrected chi connectivity index (χ0v) is 30.5. The number of benzene rings is 5. The van der Waals surface area contributed by atoms with Gasteiger partial charge in [0.1, 0.15) is 19.3 Å². The van der Waals surface area contributed by atoms with Crippen molar-refractivity contribution in [2.24, 2.45) is 0 Å². The molecule has 0 radical (unpaired) electrons. The highest BCUT2D eigenvalue weighted by molar-refractivity contribution is 5.91. The summed E-state index contributed by atoms with van der Waals surface area (Å²) in [7, 11) is 0. The molecule has 0 saturated carbocycles. The normalized spacial score (nSPS) is 18.6. The molecule has 1 aliphatic heterocycles. The van der Waals surface area contributed by atoms with Gasteiger partial charge in [-0.1, -0.05) is 103 Å². The molecule has 1 heterocycles. The number of carbonyl (C=O) groups excluding carboxylic acids is 5. The van der Waals surface area contributed by atoms with Gasteiger partial charge in [-0.2, -0.15) is 0 Å². The standard InChI is InChI=1S/C44H39NO12/c46-39(31-18-8-2-9-19-31)52-29-35-36(55-40(47)32-20-10-3-11-21-32)37(56-41(48)33-22-12-4-13-23-33)38(57-42(49)34-24-14-5-15-25-34)43(54-35)51-27-26-45-44(50)53-28-30-16-6-1-7-17-30/h1-25,35-38,43H,26-29H2,(H,45,50)/t35-,36-,37+,38+,43+/m1/s1. The second-order valence-electron chi connectivity index (χ2n) is 12.6. The Kier molecular flexibility index (Phi) is 14.1. The van der Waals surface area contributed by atoms with Gasteiger partial charge in [0.25, 0.3) is 0 Å². The summed E-state index contributed by atoms with van der Waals surface area (Å²) in [6.07, 6.45) is -8.23. The number of amides is 1. The van der Waals surface area contributed by atoms with Gasteiger partial charge in [0.2, 0.25) is 0 Å². The van der Waals surface area contributed by atoms with Crippen LogP contribution in [0.3, 0.4) is 0 Å². The second-order valence-corrected chi connectivity index (χ2v) is 12.6. The van der Waals surface area contributed by atoms with Crippen molar-refractivity contribution in [2.75, 3.05) is 19.8 Å². The summed E-state index contributed by atoms with van der Waals surface area (Å²) in [4.78, 5) is 66.7. The van der Waals surface area contributed by atoms with Crippen LogP contribution in [0.1, 0.15) is 47.0 Å². The molecule has 13 heteroatoms.